The number of alkyl halides is 1. The van der Waals surface area contributed by atoms with E-state index >= 15 is 0 Å². The first-order valence-corrected chi connectivity index (χ1v) is 5.63. The van der Waals surface area contributed by atoms with E-state index in [-0.39, 0.29) is 5.38 Å². The van der Waals surface area contributed by atoms with Gasteiger partial charge in [0.1, 0.15) is 5.38 Å². The molecule has 1 aromatic carbocycles. The van der Waals surface area contributed by atoms with Gasteiger partial charge in [-0.3, -0.25) is 0 Å². The summed E-state index contributed by atoms with van der Waals surface area (Å²) in [4.78, 5) is 0. The van der Waals surface area contributed by atoms with Gasteiger partial charge in [-0.1, -0.05) is 17.7 Å². The van der Waals surface area contributed by atoms with Gasteiger partial charge < -0.3 is 4.42 Å². The van der Waals surface area contributed by atoms with Crippen molar-refractivity contribution in [1.29, 1.82) is 0 Å². The van der Waals surface area contributed by atoms with Crippen molar-refractivity contribution < 1.29 is 4.42 Å². The average Bonchev–Trinajstić information content (AvgIpc) is 2.71. The lowest BCUT2D eigenvalue weighted by Gasteiger charge is -1.99. The average molecular weight is 257 g/mol. The monoisotopic (exact) mass is 256 g/mol. The largest absolute Gasteiger partial charge is 0.419 e. The molecule has 0 fully saturated rings. The van der Waals surface area contributed by atoms with Crippen LogP contribution in [0, 0.1) is 6.92 Å². The maximum atomic E-state index is 6.02. The van der Waals surface area contributed by atoms with E-state index in [1.807, 2.05) is 19.1 Å². The van der Waals surface area contributed by atoms with Crippen LogP contribution >= 0.6 is 23.2 Å². The fourth-order valence-electron chi connectivity index (χ4n) is 1.24. The molecule has 84 valence electrons. The van der Waals surface area contributed by atoms with E-state index in [4.69, 9.17) is 27.6 Å². The highest BCUT2D eigenvalue weighted by Crippen LogP contribution is 2.26. The van der Waals surface area contributed by atoms with Crippen LogP contribution in [0.15, 0.2) is 22.6 Å². The Hall–Kier alpha value is -1.06. The maximum Gasteiger partial charge on any atom is 0.247 e. The van der Waals surface area contributed by atoms with Crippen molar-refractivity contribution in [2.75, 3.05) is 0 Å². The van der Waals surface area contributed by atoms with E-state index in [0.717, 1.165) is 11.1 Å². The van der Waals surface area contributed by atoms with E-state index in [2.05, 4.69) is 10.2 Å². The van der Waals surface area contributed by atoms with Gasteiger partial charge in [0.15, 0.2) is 0 Å². The van der Waals surface area contributed by atoms with Crippen LogP contribution in [0.2, 0.25) is 5.02 Å². The minimum absolute atomic E-state index is 0.290. The Morgan fingerprint density at radius 1 is 1.31 bits per heavy atom. The van der Waals surface area contributed by atoms with Crippen LogP contribution in [-0.2, 0) is 0 Å². The number of hydrogen-bond donors (Lipinski definition) is 0. The highest BCUT2D eigenvalue weighted by molar-refractivity contribution is 6.31. The zero-order chi connectivity index (χ0) is 11.7. The predicted molar refractivity (Wildman–Crippen MR) is 63.7 cm³/mol. The minimum Gasteiger partial charge on any atom is -0.419 e. The molecule has 2 aromatic rings. The zero-order valence-electron chi connectivity index (χ0n) is 8.87. The molecular weight excluding hydrogens is 247 g/mol. The molecule has 0 aliphatic heterocycles. The van der Waals surface area contributed by atoms with Gasteiger partial charge >= 0.3 is 0 Å². The van der Waals surface area contributed by atoms with E-state index in [1.165, 1.54) is 0 Å². The first kappa shape index (κ1) is 11.4. The Kier molecular flexibility index (Phi) is 3.17. The van der Waals surface area contributed by atoms with Gasteiger partial charge in [0, 0.05) is 10.6 Å². The van der Waals surface area contributed by atoms with Gasteiger partial charge in [-0.15, -0.1) is 21.8 Å². The minimum atomic E-state index is -0.290. The molecule has 0 saturated carbocycles. The summed E-state index contributed by atoms with van der Waals surface area (Å²) in [6.45, 7) is 3.72. The molecule has 1 unspecified atom stereocenters. The number of halogens is 2. The molecule has 0 aliphatic rings. The number of hydrogen-bond acceptors (Lipinski definition) is 3. The molecule has 1 heterocycles. The Morgan fingerprint density at radius 3 is 2.62 bits per heavy atom. The fourth-order valence-corrected chi connectivity index (χ4v) is 1.51. The molecule has 16 heavy (non-hydrogen) atoms. The lowest BCUT2D eigenvalue weighted by molar-refractivity contribution is 0.507. The van der Waals surface area contributed by atoms with Gasteiger partial charge in [-0.2, -0.15) is 0 Å². The molecule has 1 atom stereocenters. The summed E-state index contributed by atoms with van der Waals surface area (Å²) in [5.41, 5.74) is 1.81. The molecule has 5 heteroatoms. The third-order valence-electron chi connectivity index (χ3n) is 2.20. The molecule has 2 rings (SSSR count). The summed E-state index contributed by atoms with van der Waals surface area (Å²) in [6, 6.07) is 5.59. The van der Waals surface area contributed by atoms with Gasteiger partial charge in [0.25, 0.3) is 0 Å². The topological polar surface area (TPSA) is 38.9 Å². The summed E-state index contributed by atoms with van der Waals surface area (Å²) < 4.78 is 5.41. The second-order valence-corrected chi connectivity index (χ2v) is 4.59. The van der Waals surface area contributed by atoms with Crippen molar-refractivity contribution in [1.82, 2.24) is 10.2 Å². The van der Waals surface area contributed by atoms with Crippen LogP contribution in [0.1, 0.15) is 23.8 Å². The highest BCUT2D eigenvalue weighted by atomic mass is 35.5. The number of benzene rings is 1. The van der Waals surface area contributed by atoms with E-state index < -0.39 is 0 Å². The van der Waals surface area contributed by atoms with Crippen LogP contribution < -0.4 is 0 Å². The summed E-state index contributed by atoms with van der Waals surface area (Å²) >= 11 is 11.9. The van der Waals surface area contributed by atoms with E-state index in [9.17, 15) is 0 Å². The SMILES string of the molecule is Cc1ccc(-c2nnc(C(C)Cl)o2)cc1Cl. The summed E-state index contributed by atoms with van der Waals surface area (Å²) in [6.07, 6.45) is 0. The quantitative estimate of drug-likeness (QED) is 0.763. The molecule has 0 N–H and O–H groups in total. The Morgan fingerprint density at radius 2 is 2.06 bits per heavy atom. The molecule has 1 aromatic heterocycles. The Balaban J connectivity index is 2.39. The Labute approximate surface area is 103 Å². The first-order valence-electron chi connectivity index (χ1n) is 4.82. The van der Waals surface area contributed by atoms with Gasteiger partial charge in [-0.25, -0.2) is 0 Å². The molecule has 0 radical (unpaired) electrons. The molecule has 3 nitrogen and oxygen atoms in total. The van der Waals surface area contributed by atoms with Crippen molar-refractivity contribution >= 4 is 23.2 Å². The summed E-state index contributed by atoms with van der Waals surface area (Å²) in [5, 5.41) is 8.16. The third kappa shape index (κ3) is 2.20. The summed E-state index contributed by atoms with van der Waals surface area (Å²) in [7, 11) is 0. The van der Waals surface area contributed by atoms with Crippen molar-refractivity contribution in [2.24, 2.45) is 0 Å². The first-order chi connectivity index (χ1) is 7.58. The third-order valence-corrected chi connectivity index (χ3v) is 2.79. The molecule has 0 aliphatic carbocycles. The van der Waals surface area contributed by atoms with Gasteiger partial charge in [0.2, 0.25) is 11.8 Å². The Bertz CT molecular complexity index is 508. The van der Waals surface area contributed by atoms with Crippen LogP contribution in [0.5, 0.6) is 0 Å². The van der Waals surface area contributed by atoms with Crippen molar-refractivity contribution in [2.45, 2.75) is 19.2 Å². The zero-order valence-corrected chi connectivity index (χ0v) is 10.4. The number of aryl methyl sites for hydroxylation is 1. The van der Waals surface area contributed by atoms with Crippen LogP contribution in [0.4, 0.5) is 0 Å². The lowest BCUT2D eigenvalue weighted by Crippen LogP contribution is -1.81. The summed E-state index contributed by atoms with van der Waals surface area (Å²) in [5.74, 6) is 0.845. The number of rotatable bonds is 2. The lowest BCUT2D eigenvalue weighted by atomic mass is 10.1. The van der Waals surface area contributed by atoms with Gasteiger partial charge in [-0.05, 0) is 31.5 Å². The molecular formula is C11H10Cl2N2O. The van der Waals surface area contributed by atoms with Crippen LogP contribution in [0.3, 0.4) is 0 Å². The molecule has 0 spiro atoms. The normalized spacial score (nSPS) is 12.8. The number of aromatic nitrogens is 2. The van der Waals surface area contributed by atoms with E-state index in [0.29, 0.717) is 16.8 Å². The van der Waals surface area contributed by atoms with Crippen LogP contribution in [0.25, 0.3) is 11.5 Å². The highest BCUT2D eigenvalue weighted by Gasteiger charge is 2.13. The molecule has 0 saturated heterocycles. The molecule has 0 bridgehead atoms. The maximum absolute atomic E-state index is 6.02. The molecule has 0 amide bonds. The smallest absolute Gasteiger partial charge is 0.247 e. The van der Waals surface area contributed by atoms with Crippen LogP contribution in [-0.4, -0.2) is 10.2 Å². The predicted octanol–water partition coefficient (Wildman–Crippen LogP) is 4.00. The van der Waals surface area contributed by atoms with Gasteiger partial charge in [0.05, 0.1) is 0 Å². The van der Waals surface area contributed by atoms with Crippen molar-refractivity contribution in [3.05, 3.63) is 34.7 Å². The fraction of sp³-hybridized carbons (Fsp3) is 0.273. The second-order valence-electron chi connectivity index (χ2n) is 3.53. The van der Waals surface area contributed by atoms with Crippen molar-refractivity contribution in [3.8, 4) is 11.5 Å². The second kappa shape index (κ2) is 4.44. The van der Waals surface area contributed by atoms with E-state index in [1.54, 1.807) is 13.0 Å². The standard InChI is InChI=1S/C11H10Cl2N2O/c1-6-3-4-8(5-9(6)13)11-15-14-10(16-11)7(2)12/h3-5,7H,1-2H3. The van der Waals surface area contributed by atoms with Crippen molar-refractivity contribution in [3.63, 3.8) is 0 Å². The number of nitrogens with zero attached hydrogens (tertiary/aromatic N) is 2.